The molecule has 1 atom stereocenters. The van der Waals surface area contributed by atoms with Gasteiger partial charge in [0.25, 0.3) is 0 Å². The van der Waals surface area contributed by atoms with Crippen molar-refractivity contribution >= 4 is 5.91 Å². The lowest BCUT2D eigenvalue weighted by Gasteiger charge is -2.23. The van der Waals surface area contributed by atoms with Crippen LogP contribution in [-0.4, -0.2) is 41.9 Å². The van der Waals surface area contributed by atoms with Crippen LogP contribution in [0.1, 0.15) is 30.0 Å². The summed E-state index contributed by atoms with van der Waals surface area (Å²) in [5.74, 6) is 0.165. The van der Waals surface area contributed by atoms with Crippen LogP contribution in [0.3, 0.4) is 0 Å². The molecule has 1 saturated heterocycles. The molecule has 132 valence electrons. The van der Waals surface area contributed by atoms with Crippen molar-refractivity contribution in [1.82, 2.24) is 9.80 Å². The molecular formula is C21H27N3O. The van der Waals surface area contributed by atoms with Crippen LogP contribution in [-0.2, 0) is 11.3 Å². The zero-order valence-corrected chi connectivity index (χ0v) is 14.7. The molecule has 0 bridgehead atoms. The zero-order valence-electron chi connectivity index (χ0n) is 14.7. The Morgan fingerprint density at radius 1 is 0.920 bits per heavy atom. The van der Waals surface area contributed by atoms with Crippen molar-refractivity contribution < 1.29 is 4.79 Å². The second-order valence-electron chi connectivity index (χ2n) is 6.72. The van der Waals surface area contributed by atoms with Gasteiger partial charge in [0.1, 0.15) is 0 Å². The van der Waals surface area contributed by atoms with Crippen LogP contribution in [0.5, 0.6) is 0 Å². The topological polar surface area (TPSA) is 49.6 Å². The Labute approximate surface area is 150 Å². The first kappa shape index (κ1) is 17.6. The average Bonchev–Trinajstić information content (AvgIpc) is 2.89. The van der Waals surface area contributed by atoms with Gasteiger partial charge < -0.3 is 10.6 Å². The minimum absolute atomic E-state index is 0.165. The molecule has 2 aromatic rings. The van der Waals surface area contributed by atoms with Gasteiger partial charge in [-0.15, -0.1) is 0 Å². The second-order valence-corrected chi connectivity index (χ2v) is 6.72. The van der Waals surface area contributed by atoms with Gasteiger partial charge >= 0.3 is 0 Å². The van der Waals surface area contributed by atoms with Crippen molar-refractivity contribution in [2.24, 2.45) is 5.73 Å². The minimum atomic E-state index is -0.225. The number of benzene rings is 2. The Kier molecular flexibility index (Phi) is 6.20. The molecule has 1 heterocycles. The highest BCUT2D eigenvalue weighted by atomic mass is 16.2. The van der Waals surface area contributed by atoms with Gasteiger partial charge in [-0.05, 0) is 17.5 Å². The van der Waals surface area contributed by atoms with Crippen molar-refractivity contribution in [3.63, 3.8) is 0 Å². The summed E-state index contributed by atoms with van der Waals surface area (Å²) in [5.41, 5.74) is 8.56. The first-order valence-corrected chi connectivity index (χ1v) is 9.07. The van der Waals surface area contributed by atoms with Gasteiger partial charge in [0.2, 0.25) is 5.91 Å². The van der Waals surface area contributed by atoms with E-state index in [4.69, 9.17) is 5.73 Å². The van der Waals surface area contributed by atoms with E-state index in [0.717, 1.165) is 44.7 Å². The van der Waals surface area contributed by atoms with E-state index in [1.54, 1.807) is 0 Å². The van der Waals surface area contributed by atoms with E-state index in [9.17, 15) is 4.79 Å². The molecule has 25 heavy (non-hydrogen) atoms. The van der Waals surface area contributed by atoms with Crippen LogP contribution in [0.4, 0.5) is 0 Å². The van der Waals surface area contributed by atoms with Crippen molar-refractivity contribution in [2.75, 3.05) is 26.2 Å². The summed E-state index contributed by atoms with van der Waals surface area (Å²) in [4.78, 5) is 17.0. The molecular weight excluding hydrogens is 310 g/mol. The van der Waals surface area contributed by atoms with Gasteiger partial charge in [-0.3, -0.25) is 9.69 Å². The van der Waals surface area contributed by atoms with Crippen molar-refractivity contribution in [3.05, 3.63) is 71.8 Å². The van der Waals surface area contributed by atoms with E-state index < -0.39 is 0 Å². The Morgan fingerprint density at radius 2 is 1.60 bits per heavy atom. The number of amides is 1. The lowest BCUT2D eigenvalue weighted by atomic mass is 10.0. The third-order valence-corrected chi connectivity index (χ3v) is 4.81. The number of carbonyl (C=O) groups is 1. The SMILES string of the molecule is NC(CC(=O)N1CCCN(Cc2ccccc2)CC1)c1ccccc1. The third-order valence-electron chi connectivity index (χ3n) is 4.81. The van der Waals surface area contributed by atoms with E-state index in [-0.39, 0.29) is 11.9 Å². The Bertz CT molecular complexity index is 659. The van der Waals surface area contributed by atoms with Crippen molar-refractivity contribution in [3.8, 4) is 0 Å². The number of carbonyl (C=O) groups excluding carboxylic acids is 1. The maximum absolute atomic E-state index is 12.6. The van der Waals surface area contributed by atoms with Crippen LogP contribution in [0.25, 0.3) is 0 Å². The Hall–Kier alpha value is -2.17. The summed E-state index contributed by atoms with van der Waals surface area (Å²) in [7, 11) is 0. The van der Waals surface area contributed by atoms with Crippen molar-refractivity contribution in [1.29, 1.82) is 0 Å². The molecule has 1 unspecified atom stereocenters. The molecule has 4 nitrogen and oxygen atoms in total. The highest BCUT2D eigenvalue weighted by Crippen LogP contribution is 2.16. The van der Waals surface area contributed by atoms with Gasteiger partial charge in [0.15, 0.2) is 0 Å². The monoisotopic (exact) mass is 337 g/mol. The first-order chi connectivity index (χ1) is 12.2. The van der Waals surface area contributed by atoms with E-state index in [1.165, 1.54) is 5.56 Å². The molecule has 0 spiro atoms. The standard InChI is InChI=1S/C21H27N3O/c22-20(19-10-5-2-6-11-19)16-21(25)24-13-7-12-23(14-15-24)17-18-8-3-1-4-9-18/h1-6,8-11,20H,7,12-17,22H2. The minimum Gasteiger partial charge on any atom is -0.341 e. The van der Waals surface area contributed by atoms with Crippen molar-refractivity contribution in [2.45, 2.75) is 25.4 Å². The predicted molar refractivity (Wildman–Crippen MR) is 101 cm³/mol. The molecule has 2 N–H and O–H groups in total. The molecule has 1 aliphatic rings. The highest BCUT2D eigenvalue weighted by Gasteiger charge is 2.21. The molecule has 0 saturated carbocycles. The fourth-order valence-corrected chi connectivity index (χ4v) is 3.36. The maximum Gasteiger partial charge on any atom is 0.224 e. The van der Waals surface area contributed by atoms with Gasteiger partial charge in [0, 0.05) is 45.2 Å². The van der Waals surface area contributed by atoms with Gasteiger partial charge in [0.05, 0.1) is 0 Å². The van der Waals surface area contributed by atoms with Gasteiger partial charge in [-0.2, -0.15) is 0 Å². The first-order valence-electron chi connectivity index (χ1n) is 9.07. The van der Waals surface area contributed by atoms with Crippen LogP contribution >= 0.6 is 0 Å². The summed E-state index contributed by atoms with van der Waals surface area (Å²) in [5, 5.41) is 0. The smallest absolute Gasteiger partial charge is 0.224 e. The molecule has 1 aliphatic heterocycles. The zero-order chi connectivity index (χ0) is 17.5. The normalized spacial score (nSPS) is 17.1. The average molecular weight is 337 g/mol. The Balaban J connectivity index is 1.51. The summed E-state index contributed by atoms with van der Waals surface area (Å²) >= 11 is 0. The molecule has 0 radical (unpaired) electrons. The molecule has 0 aromatic heterocycles. The lowest BCUT2D eigenvalue weighted by Crippen LogP contribution is -2.36. The molecule has 4 heteroatoms. The van der Waals surface area contributed by atoms with Crippen LogP contribution < -0.4 is 5.73 Å². The Morgan fingerprint density at radius 3 is 2.32 bits per heavy atom. The number of nitrogens with zero attached hydrogens (tertiary/aromatic N) is 2. The fraction of sp³-hybridized carbons (Fsp3) is 0.381. The highest BCUT2D eigenvalue weighted by molar-refractivity contribution is 5.77. The summed E-state index contributed by atoms with van der Waals surface area (Å²) in [6, 6.07) is 20.2. The van der Waals surface area contributed by atoms with E-state index in [1.807, 2.05) is 41.3 Å². The second kappa shape index (κ2) is 8.79. The summed E-state index contributed by atoms with van der Waals surface area (Å²) < 4.78 is 0. The number of hydrogen-bond donors (Lipinski definition) is 1. The summed E-state index contributed by atoms with van der Waals surface area (Å²) in [6.07, 6.45) is 1.39. The van der Waals surface area contributed by atoms with E-state index in [0.29, 0.717) is 6.42 Å². The van der Waals surface area contributed by atoms with Gasteiger partial charge in [-0.25, -0.2) is 0 Å². The van der Waals surface area contributed by atoms with Crippen LogP contribution in [0.15, 0.2) is 60.7 Å². The van der Waals surface area contributed by atoms with E-state index in [2.05, 4.69) is 29.2 Å². The molecule has 2 aromatic carbocycles. The summed E-state index contributed by atoms with van der Waals surface area (Å²) in [6.45, 7) is 4.51. The molecule has 1 amide bonds. The lowest BCUT2D eigenvalue weighted by molar-refractivity contribution is -0.131. The number of hydrogen-bond acceptors (Lipinski definition) is 3. The molecule has 3 rings (SSSR count). The number of rotatable bonds is 5. The van der Waals surface area contributed by atoms with Gasteiger partial charge in [-0.1, -0.05) is 60.7 Å². The van der Waals surface area contributed by atoms with Crippen LogP contribution in [0, 0.1) is 0 Å². The maximum atomic E-state index is 12.6. The fourth-order valence-electron chi connectivity index (χ4n) is 3.36. The van der Waals surface area contributed by atoms with Crippen LogP contribution in [0.2, 0.25) is 0 Å². The third kappa shape index (κ3) is 5.15. The molecule has 0 aliphatic carbocycles. The predicted octanol–water partition coefficient (Wildman–Crippen LogP) is 2.81. The number of nitrogens with two attached hydrogens (primary N) is 1. The quantitative estimate of drug-likeness (QED) is 0.913. The largest absolute Gasteiger partial charge is 0.341 e. The van der Waals surface area contributed by atoms with E-state index >= 15 is 0 Å². The molecule has 1 fully saturated rings.